The number of rotatable bonds is 6. The van der Waals surface area contributed by atoms with E-state index in [9.17, 15) is 18.3 Å². The summed E-state index contributed by atoms with van der Waals surface area (Å²) in [6.07, 6.45) is 3.68. The molecule has 4 aliphatic carbocycles. The van der Waals surface area contributed by atoms with E-state index in [1.807, 2.05) is 6.92 Å². The molecule has 1 aromatic rings. The maximum Gasteiger partial charge on any atom is 0.408 e. The summed E-state index contributed by atoms with van der Waals surface area (Å²) in [6, 6.07) is 5.33. The smallest absolute Gasteiger partial charge is 0.387 e. The molecule has 9 atom stereocenters. The summed E-state index contributed by atoms with van der Waals surface area (Å²) < 4.78 is 49.5. The molecule has 0 radical (unpaired) electrons. The molecule has 4 fully saturated rings. The third-order valence-electron chi connectivity index (χ3n) is 11.2. The number of nitrogens with one attached hydrogen (secondary N) is 1. The van der Waals surface area contributed by atoms with Crippen molar-refractivity contribution in [3.63, 3.8) is 0 Å². The van der Waals surface area contributed by atoms with Crippen LogP contribution in [0.2, 0.25) is 0 Å². The first-order valence-electron chi connectivity index (χ1n) is 14.6. The second-order valence-electron chi connectivity index (χ2n) is 13.1. The van der Waals surface area contributed by atoms with Crippen LogP contribution < -0.4 is 5.32 Å². The predicted octanol–water partition coefficient (Wildman–Crippen LogP) is 7.25. The molecule has 0 amide bonds. The highest BCUT2D eigenvalue weighted by molar-refractivity contribution is 5.55. The zero-order valence-corrected chi connectivity index (χ0v) is 23.0. The number of aryl methyl sites for hydroxylation is 1. The van der Waals surface area contributed by atoms with E-state index >= 15 is 0 Å². The minimum Gasteiger partial charge on any atom is -0.387 e. The van der Waals surface area contributed by atoms with Crippen molar-refractivity contribution >= 4 is 5.69 Å². The number of ether oxygens (including phenoxy) is 1. The van der Waals surface area contributed by atoms with Crippen LogP contribution in [0.25, 0.3) is 0 Å². The third-order valence-corrected chi connectivity index (χ3v) is 11.2. The van der Waals surface area contributed by atoms with Crippen LogP contribution in [-0.4, -0.2) is 36.1 Å². The summed E-state index contributed by atoms with van der Waals surface area (Å²) >= 11 is 0. The van der Waals surface area contributed by atoms with Gasteiger partial charge in [-0.1, -0.05) is 6.92 Å². The van der Waals surface area contributed by atoms with Crippen LogP contribution in [0.1, 0.15) is 82.8 Å². The lowest BCUT2D eigenvalue weighted by atomic mass is 9.48. The number of aliphatic hydroxyl groups is 1. The van der Waals surface area contributed by atoms with Gasteiger partial charge in [0.1, 0.15) is 6.04 Å². The van der Waals surface area contributed by atoms with Crippen LogP contribution in [0.4, 0.5) is 18.9 Å². The molecule has 0 spiro atoms. The van der Waals surface area contributed by atoms with Crippen LogP contribution in [0.5, 0.6) is 0 Å². The number of nitrogens with zero attached hydrogens (tertiary/aromatic N) is 1. The molecule has 0 heterocycles. The van der Waals surface area contributed by atoms with Crippen LogP contribution in [-0.2, 0) is 4.74 Å². The number of nitriles is 1. The van der Waals surface area contributed by atoms with Gasteiger partial charge in [-0.05, 0) is 136 Å². The van der Waals surface area contributed by atoms with Gasteiger partial charge in [0.05, 0.1) is 23.8 Å². The van der Waals surface area contributed by atoms with E-state index in [1.54, 1.807) is 25.1 Å². The van der Waals surface area contributed by atoms with E-state index < -0.39 is 23.7 Å². The second-order valence-corrected chi connectivity index (χ2v) is 13.1. The van der Waals surface area contributed by atoms with Crippen molar-refractivity contribution in [2.24, 2.45) is 40.9 Å². The summed E-state index contributed by atoms with van der Waals surface area (Å²) in [4.78, 5) is 0. The van der Waals surface area contributed by atoms with E-state index in [-0.39, 0.29) is 5.41 Å². The van der Waals surface area contributed by atoms with Crippen molar-refractivity contribution in [3.05, 3.63) is 29.3 Å². The molecule has 4 saturated carbocycles. The Bertz CT molecular complexity index is 1050. The predicted molar refractivity (Wildman–Crippen MR) is 141 cm³/mol. The van der Waals surface area contributed by atoms with Crippen LogP contribution >= 0.6 is 0 Å². The standard InChI is InChI=1S/C31H43F3N2O2/c1-4-38-18-30(37)14-12-22-21(16-30)6-7-24-23(22)11-13-29(3)25(24)8-9-26(29)28(31(32,33)34)36-27-10-5-20(17-35)15-19(27)2/h5,10,15,21-26,28,36-37H,4,6-9,11-14,16,18H2,1-3H3/t21-,22+,23-,24-,25+,26-,28?,29+,30-/m1/s1. The lowest BCUT2D eigenvalue weighted by Crippen LogP contribution is -2.54. The first-order chi connectivity index (χ1) is 18.0. The molecule has 7 heteroatoms. The molecule has 0 aromatic heterocycles. The van der Waals surface area contributed by atoms with Gasteiger partial charge >= 0.3 is 6.18 Å². The summed E-state index contributed by atoms with van der Waals surface area (Å²) in [7, 11) is 0. The highest BCUT2D eigenvalue weighted by atomic mass is 19.4. The Morgan fingerprint density at radius 3 is 2.55 bits per heavy atom. The van der Waals surface area contributed by atoms with E-state index in [1.165, 1.54) is 0 Å². The van der Waals surface area contributed by atoms with Gasteiger partial charge < -0.3 is 15.2 Å². The Hall–Kier alpha value is -1.78. The molecule has 1 unspecified atom stereocenters. The van der Waals surface area contributed by atoms with Crippen LogP contribution in [0.3, 0.4) is 0 Å². The lowest BCUT2D eigenvalue weighted by Gasteiger charge is -2.57. The average molecular weight is 533 g/mol. The average Bonchev–Trinajstić information content (AvgIpc) is 3.22. The fourth-order valence-corrected chi connectivity index (χ4v) is 9.45. The molecule has 210 valence electrons. The highest BCUT2D eigenvalue weighted by Crippen LogP contribution is 2.66. The van der Waals surface area contributed by atoms with Gasteiger partial charge in [0.2, 0.25) is 0 Å². The van der Waals surface area contributed by atoms with Crippen molar-refractivity contribution in [1.82, 2.24) is 0 Å². The Balaban J connectivity index is 1.33. The molecule has 1 aromatic carbocycles. The van der Waals surface area contributed by atoms with Crippen LogP contribution in [0.15, 0.2) is 18.2 Å². The van der Waals surface area contributed by atoms with Gasteiger partial charge in [-0.3, -0.25) is 0 Å². The molecule has 38 heavy (non-hydrogen) atoms. The second kappa shape index (κ2) is 10.3. The van der Waals surface area contributed by atoms with Gasteiger partial charge in [-0.15, -0.1) is 0 Å². The number of anilines is 1. The van der Waals surface area contributed by atoms with Crippen molar-refractivity contribution in [2.45, 2.75) is 96.4 Å². The molecule has 0 saturated heterocycles. The minimum absolute atomic E-state index is 0.324. The number of fused-ring (bicyclic) bond motifs is 5. The van der Waals surface area contributed by atoms with Crippen molar-refractivity contribution in [2.75, 3.05) is 18.5 Å². The molecular weight excluding hydrogens is 489 g/mol. The van der Waals surface area contributed by atoms with E-state index in [4.69, 9.17) is 10.00 Å². The Morgan fingerprint density at radius 1 is 1.11 bits per heavy atom. The third kappa shape index (κ3) is 4.96. The lowest BCUT2D eigenvalue weighted by molar-refractivity contribution is -0.170. The fraction of sp³-hybridized carbons (Fsp3) is 0.774. The summed E-state index contributed by atoms with van der Waals surface area (Å²) in [5.41, 5.74) is 0.528. The highest BCUT2D eigenvalue weighted by Gasteiger charge is 2.62. The van der Waals surface area contributed by atoms with Crippen LogP contribution in [0, 0.1) is 59.2 Å². The molecule has 4 nitrogen and oxygen atoms in total. The molecular formula is C31H43F3N2O2. The number of benzene rings is 1. The Morgan fingerprint density at radius 2 is 1.87 bits per heavy atom. The maximum atomic E-state index is 14.6. The minimum atomic E-state index is -4.36. The van der Waals surface area contributed by atoms with E-state index in [0.29, 0.717) is 66.0 Å². The zero-order valence-electron chi connectivity index (χ0n) is 23.0. The largest absolute Gasteiger partial charge is 0.408 e. The SMILES string of the molecule is CCOC[C@@]1(O)CC[C@H]2[C@H](CC[C@@H]3[C@@H]2CC[C@]2(C)[C@@H](C(Nc4ccc(C#N)cc4C)C(F)(F)F)CC[C@@H]32)C1. The van der Waals surface area contributed by atoms with E-state index in [0.717, 1.165) is 51.4 Å². The molecule has 5 rings (SSSR count). The fourth-order valence-electron chi connectivity index (χ4n) is 9.45. The molecule has 0 aliphatic heterocycles. The summed E-state index contributed by atoms with van der Waals surface area (Å²) in [6.45, 7) is 6.89. The monoisotopic (exact) mass is 532 g/mol. The van der Waals surface area contributed by atoms with Gasteiger partial charge in [-0.25, -0.2) is 0 Å². The topological polar surface area (TPSA) is 65.3 Å². The number of hydrogen-bond donors (Lipinski definition) is 2. The first-order valence-corrected chi connectivity index (χ1v) is 14.6. The quantitative estimate of drug-likeness (QED) is 0.405. The van der Waals surface area contributed by atoms with Gasteiger partial charge in [-0.2, -0.15) is 18.4 Å². The van der Waals surface area contributed by atoms with Gasteiger partial charge in [0.25, 0.3) is 0 Å². The number of alkyl halides is 3. The van der Waals surface area contributed by atoms with E-state index in [2.05, 4.69) is 18.3 Å². The number of hydrogen-bond acceptors (Lipinski definition) is 4. The van der Waals surface area contributed by atoms with Gasteiger partial charge in [0.15, 0.2) is 0 Å². The number of halogens is 3. The normalized spacial score (nSPS) is 39.4. The Labute approximate surface area is 225 Å². The van der Waals surface area contributed by atoms with Crippen molar-refractivity contribution in [1.29, 1.82) is 5.26 Å². The maximum absolute atomic E-state index is 14.6. The zero-order chi connectivity index (χ0) is 27.3. The Kier molecular flexibility index (Phi) is 7.54. The van der Waals surface area contributed by atoms with Crippen molar-refractivity contribution < 1.29 is 23.0 Å². The molecule has 4 aliphatic rings. The van der Waals surface area contributed by atoms with Crippen molar-refractivity contribution in [3.8, 4) is 6.07 Å². The first kappa shape index (κ1) is 27.8. The summed E-state index contributed by atoms with van der Waals surface area (Å²) in [5.74, 6) is 2.00. The summed E-state index contributed by atoms with van der Waals surface area (Å²) in [5, 5.41) is 23.2. The van der Waals surface area contributed by atoms with Gasteiger partial charge in [0, 0.05) is 12.3 Å². The molecule has 0 bridgehead atoms. The molecule has 2 N–H and O–H groups in total.